The topological polar surface area (TPSA) is 72.1 Å². The first-order valence-corrected chi connectivity index (χ1v) is 7.23. The predicted octanol–water partition coefficient (Wildman–Crippen LogP) is 1.95. The van der Waals surface area contributed by atoms with Crippen molar-refractivity contribution in [2.45, 2.75) is 11.6 Å². The minimum absolute atomic E-state index is 0.131. The molecule has 2 aromatic rings. The van der Waals surface area contributed by atoms with Gasteiger partial charge in [-0.25, -0.2) is 14.4 Å². The molecule has 0 fully saturated rings. The SMILES string of the molecule is CN(Cc1ccccc1F)C(=O)CSc1nccnc1N. The molecule has 0 saturated heterocycles. The third kappa shape index (κ3) is 4.16. The zero-order valence-electron chi connectivity index (χ0n) is 11.5. The second kappa shape index (κ2) is 7.03. The van der Waals surface area contributed by atoms with E-state index in [9.17, 15) is 9.18 Å². The van der Waals surface area contributed by atoms with Crippen molar-refractivity contribution in [2.75, 3.05) is 18.5 Å². The van der Waals surface area contributed by atoms with Crippen molar-refractivity contribution in [2.24, 2.45) is 0 Å². The van der Waals surface area contributed by atoms with Crippen LogP contribution in [0.4, 0.5) is 10.2 Å². The Kier molecular flexibility index (Phi) is 5.10. The summed E-state index contributed by atoms with van der Waals surface area (Å²) < 4.78 is 13.5. The lowest BCUT2D eigenvalue weighted by atomic mass is 10.2. The number of halogens is 1. The summed E-state index contributed by atoms with van der Waals surface area (Å²) in [5.74, 6) is 0.0248. The highest BCUT2D eigenvalue weighted by molar-refractivity contribution is 8.00. The van der Waals surface area contributed by atoms with Crippen molar-refractivity contribution in [1.29, 1.82) is 0 Å². The number of carbonyl (C=O) groups excluding carboxylic acids is 1. The molecule has 0 spiro atoms. The zero-order chi connectivity index (χ0) is 15.2. The molecular formula is C14H15FN4OS. The van der Waals surface area contributed by atoms with Gasteiger partial charge in [-0.15, -0.1) is 0 Å². The normalized spacial score (nSPS) is 10.4. The number of rotatable bonds is 5. The molecule has 0 aliphatic rings. The fourth-order valence-corrected chi connectivity index (χ4v) is 2.47. The van der Waals surface area contributed by atoms with Gasteiger partial charge >= 0.3 is 0 Å². The molecule has 0 bridgehead atoms. The van der Waals surface area contributed by atoms with E-state index in [1.807, 2.05) is 0 Å². The van der Waals surface area contributed by atoms with Gasteiger partial charge in [-0.05, 0) is 6.07 Å². The molecule has 1 amide bonds. The van der Waals surface area contributed by atoms with Gasteiger partial charge in [0.2, 0.25) is 5.91 Å². The number of amides is 1. The first kappa shape index (κ1) is 15.2. The number of nitrogen functional groups attached to an aromatic ring is 1. The number of benzene rings is 1. The van der Waals surface area contributed by atoms with Gasteiger partial charge in [0, 0.05) is 31.5 Å². The monoisotopic (exact) mass is 306 g/mol. The highest BCUT2D eigenvalue weighted by atomic mass is 32.2. The average molecular weight is 306 g/mol. The van der Waals surface area contributed by atoms with Crippen LogP contribution in [0.5, 0.6) is 0 Å². The Morgan fingerprint density at radius 3 is 2.76 bits per heavy atom. The summed E-state index contributed by atoms with van der Waals surface area (Å²) in [7, 11) is 1.63. The fourth-order valence-electron chi connectivity index (χ4n) is 1.66. The van der Waals surface area contributed by atoms with Crippen molar-refractivity contribution in [3.05, 3.63) is 48.0 Å². The van der Waals surface area contributed by atoms with Gasteiger partial charge in [-0.1, -0.05) is 30.0 Å². The van der Waals surface area contributed by atoms with Crippen molar-refractivity contribution in [3.8, 4) is 0 Å². The first-order chi connectivity index (χ1) is 10.1. The fraction of sp³-hybridized carbons (Fsp3) is 0.214. The van der Waals surface area contributed by atoms with Crippen LogP contribution in [0.1, 0.15) is 5.56 Å². The van der Waals surface area contributed by atoms with Gasteiger partial charge in [0.1, 0.15) is 10.8 Å². The summed E-state index contributed by atoms with van der Waals surface area (Å²) in [6.45, 7) is 0.224. The molecule has 1 heterocycles. The van der Waals surface area contributed by atoms with Crippen LogP contribution >= 0.6 is 11.8 Å². The van der Waals surface area contributed by atoms with E-state index in [0.717, 1.165) is 0 Å². The molecule has 2 rings (SSSR count). The van der Waals surface area contributed by atoms with E-state index in [2.05, 4.69) is 9.97 Å². The Balaban J connectivity index is 1.91. The predicted molar refractivity (Wildman–Crippen MR) is 80.0 cm³/mol. The van der Waals surface area contributed by atoms with Crippen LogP contribution in [0.3, 0.4) is 0 Å². The highest BCUT2D eigenvalue weighted by Crippen LogP contribution is 2.20. The third-order valence-corrected chi connectivity index (χ3v) is 3.79. The van der Waals surface area contributed by atoms with Gasteiger partial charge in [-0.3, -0.25) is 4.79 Å². The Labute approximate surface area is 126 Å². The second-order valence-corrected chi connectivity index (χ2v) is 5.34. The molecule has 2 N–H and O–H groups in total. The van der Waals surface area contributed by atoms with Crippen molar-refractivity contribution < 1.29 is 9.18 Å². The van der Waals surface area contributed by atoms with Gasteiger partial charge < -0.3 is 10.6 Å². The van der Waals surface area contributed by atoms with Gasteiger partial charge in [-0.2, -0.15) is 0 Å². The number of aromatic nitrogens is 2. The summed E-state index contributed by atoms with van der Waals surface area (Å²) in [6, 6.07) is 6.40. The lowest BCUT2D eigenvalue weighted by molar-refractivity contribution is -0.127. The minimum atomic E-state index is -0.317. The smallest absolute Gasteiger partial charge is 0.233 e. The molecule has 110 valence electrons. The lowest BCUT2D eigenvalue weighted by Crippen LogP contribution is -2.28. The van der Waals surface area contributed by atoms with Crippen LogP contribution in [0, 0.1) is 5.82 Å². The maximum atomic E-state index is 13.5. The molecule has 1 aromatic carbocycles. The summed E-state index contributed by atoms with van der Waals surface area (Å²) in [6.07, 6.45) is 3.01. The van der Waals surface area contributed by atoms with E-state index in [-0.39, 0.29) is 24.0 Å². The lowest BCUT2D eigenvalue weighted by Gasteiger charge is -2.17. The van der Waals surface area contributed by atoms with Crippen LogP contribution in [-0.4, -0.2) is 33.6 Å². The molecule has 0 radical (unpaired) electrons. The van der Waals surface area contributed by atoms with E-state index in [1.54, 1.807) is 25.2 Å². The van der Waals surface area contributed by atoms with Gasteiger partial charge in [0.05, 0.1) is 5.75 Å². The summed E-state index contributed by atoms with van der Waals surface area (Å²) in [4.78, 5) is 21.5. The van der Waals surface area contributed by atoms with Crippen molar-refractivity contribution in [3.63, 3.8) is 0 Å². The number of carbonyl (C=O) groups is 1. The van der Waals surface area contributed by atoms with Crippen LogP contribution in [0.25, 0.3) is 0 Å². The highest BCUT2D eigenvalue weighted by Gasteiger charge is 2.13. The van der Waals surface area contributed by atoms with Crippen LogP contribution in [0.2, 0.25) is 0 Å². The molecule has 0 aliphatic heterocycles. The molecule has 5 nitrogen and oxygen atoms in total. The van der Waals surface area contributed by atoms with Crippen LogP contribution in [0.15, 0.2) is 41.7 Å². The summed E-state index contributed by atoms with van der Waals surface area (Å²) in [5, 5.41) is 0.519. The Morgan fingerprint density at radius 1 is 1.33 bits per heavy atom. The standard InChI is InChI=1S/C14H15FN4OS/c1-19(8-10-4-2-3-5-11(10)15)12(20)9-21-14-13(16)17-6-7-18-14/h2-7H,8-9H2,1H3,(H2,16,17). The van der Waals surface area contributed by atoms with Crippen molar-refractivity contribution >= 4 is 23.5 Å². The number of nitrogens with two attached hydrogens (primary N) is 1. The number of anilines is 1. The summed E-state index contributed by atoms with van der Waals surface area (Å²) >= 11 is 1.21. The zero-order valence-corrected chi connectivity index (χ0v) is 12.3. The Hall–Kier alpha value is -2.15. The van der Waals surface area contributed by atoms with Crippen LogP contribution < -0.4 is 5.73 Å². The Morgan fingerprint density at radius 2 is 2.05 bits per heavy atom. The first-order valence-electron chi connectivity index (χ1n) is 6.24. The molecule has 21 heavy (non-hydrogen) atoms. The van der Waals surface area contributed by atoms with Gasteiger partial charge in [0.15, 0.2) is 5.82 Å². The number of hydrogen-bond donors (Lipinski definition) is 1. The molecule has 0 unspecified atom stereocenters. The Bertz CT molecular complexity index is 638. The van der Waals surface area contributed by atoms with Crippen LogP contribution in [-0.2, 0) is 11.3 Å². The molecule has 1 aromatic heterocycles. The van der Waals surface area contributed by atoms with Gasteiger partial charge in [0.25, 0.3) is 0 Å². The van der Waals surface area contributed by atoms with Crippen molar-refractivity contribution in [1.82, 2.24) is 14.9 Å². The largest absolute Gasteiger partial charge is 0.381 e. The maximum absolute atomic E-state index is 13.5. The van der Waals surface area contributed by atoms with E-state index in [1.165, 1.54) is 35.1 Å². The van der Waals surface area contributed by atoms with E-state index in [4.69, 9.17) is 5.73 Å². The van der Waals surface area contributed by atoms with E-state index < -0.39 is 0 Å². The molecule has 0 saturated carbocycles. The maximum Gasteiger partial charge on any atom is 0.233 e. The molecule has 0 aliphatic carbocycles. The third-order valence-electron chi connectivity index (χ3n) is 2.81. The van der Waals surface area contributed by atoms with E-state index >= 15 is 0 Å². The second-order valence-electron chi connectivity index (χ2n) is 4.38. The number of thioether (sulfide) groups is 1. The minimum Gasteiger partial charge on any atom is -0.381 e. The average Bonchev–Trinajstić information content (AvgIpc) is 2.48. The van der Waals surface area contributed by atoms with E-state index in [0.29, 0.717) is 16.4 Å². The summed E-state index contributed by atoms with van der Waals surface area (Å²) in [5.41, 5.74) is 6.14. The number of nitrogens with zero attached hydrogens (tertiary/aromatic N) is 3. The molecular weight excluding hydrogens is 291 g/mol. The quantitative estimate of drug-likeness (QED) is 0.855. The molecule has 7 heteroatoms. The number of hydrogen-bond acceptors (Lipinski definition) is 5. The molecule has 0 atom stereocenters.